The van der Waals surface area contributed by atoms with Crippen LogP contribution in [0, 0.1) is 5.92 Å². The monoisotopic (exact) mass is 209 g/mol. The van der Waals surface area contributed by atoms with Gasteiger partial charge in [-0.15, -0.1) is 0 Å². The van der Waals surface area contributed by atoms with Crippen molar-refractivity contribution < 1.29 is 4.74 Å². The number of hydrazine groups is 1. The van der Waals surface area contributed by atoms with Gasteiger partial charge in [-0.3, -0.25) is 16.3 Å². The van der Waals surface area contributed by atoms with Crippen molar-refractivity contribution in [3.63, 3.8) is 0 Å². The number of nitrogens with one attached hydrogen (secondary N) is 1. The van der Waals surface area contributed by atoms with Gasteiger partial charge in [0.25, 0.3) is 0 Å². The summed E-state index contributed by atoms with van der Waals surface area (Å²) in [5.41, 5.74) is 3.88. The van der Waals surface area contributed by atoms with Gasteiger partial charge in [-0.05, 0) is 18.4 Å². The van der Waals surface area contributed by atoms with Crippen molar-refractivity contribution >= 4 is 0 Å². The van der Waals surface area contributed by atoms with E-state index < -0.39 is 0 Å². The number of hydrogen-bond acceptors (Lipinski definition) is 4. The number of rotatable bonds is 5. The lowest BCUT2D eigenvalue weighted by Gasteiger charge is -2.20. The second-order valence-corrected chi connectivity index (χ2v) is 3.97. The van der Waals surface area contributed by atoms with Crippen molar-refractivity contribution in [1.29, 1.82) is 0 Å². The Hall–Kier alpha value is -1.13. The molecule has 84 valence electrons. The van der Waals surface area contributed by atoms with E-state index in [0.29, 0.717) is 5.92 Å². The number of nitrogens with zero attached hydrogens (tertiary/aromatic N) is 1. The van der Waals surface area contributed by atoms with Gasteiger partial charge in [0.05, 0.1) is 13.3 Å². The zero-order chi connectivity index (χ0) is 11.3. The number of hydrogen-bond donors (Lipinski definition) is 2. The summed E-state index contributed by atoms with van der Waals surface area (Å²) in [7, 11) is 1.64. The molecule has 4 heteroatoms. The molecule has 0 amide bonds. The first-order chi connectivity index (χ1) is 7.19. The van der Waals surface area contributed by atoms with Crippen molar-refractivity contribution in [3.05, 3.63) is 24.0 Å². The molecule has 1 atom stereocenters. The average Bonchev–Trinajstić information content (AvgIpc) is 2.25. The lowest BCUT2D eigenvalue weighted by Crippen LogP contribution is -2.29. The quantitative estimate of drug-likeness (QED) is 0.571. The van der Waals surface area contributed by atoms with Crippen LogP contribution >= 0.6 is 0 Å². The van der Waals surface area contributed by atoms with Crippen molar-refractivity contribution in [3.8, 4) is 5.75 Å². The molecule has 1 aromatic rings. The standard InChI is InChI=1S/C11H19N3O/c1-8(2)6-10(14-12)9-4-5-13-7-11(9)15-3/h4-5,7-8,10,14H,6,12H2,1-3H3. The first-order valence-electron chi connectivity index (χ1n) is 5.13. The van der Waals surface area contributed by atoms with Crippen molar-refractivity contribution in [2.75, 3.05) is 7.11 Å². The lowest BCUT2D eigenvalue weighted by molar-refractivity contribution is 0.381. The number of ether oxygens (including phenoxy) is 1. The van der Waals surface area contributed by atoms with Crippen LogP contribution in [0.1, 0.15) is 31.9 Å². The van der Waals surface area contributed by atoms with E-state index in [-0.39, 0.29) is 6.04 Å². The van der Waals surface area contributed by atoms with Crippen LogP contribution in [-0.4, -0.2) is 12.1 Å². The maximum atomic E-state index is 5.55. The number of methoxy groups -OCH3 is 1. The summed E-state index contributed by atoms with van der Waals surface area (Å²) >= 11 is 0. The molecule has 0 bridgehead atoms. The van der Waals surface area contributed by atoms with Crippen LogP contribution in [-0.2, 0) is 0 Å². The van der Waals surface area contributed by atoms with Crippen LogP contribution in [0.15, 0.2) is 18.5 Å². The van der Waals surface area contributed by atoms with Gasteiger partial charge < -0.3 is 4.74 Å². The first kappa shape index (κ1) is 11.9. The Labute approximate surface area is 90.8 Å². The third-order valence-electron chi connectivity index (χ3n) is 2.32. The average molecular weight is 209 g/mol. The van der Waals surface area contributed by atoms with Crippen LogP contribution in [0.2, 0.25) is 0 Å². The maximum Gasteiger partial charge on any atom is 0.141 e. The fourth-order valence-electron chi connectivity index (χ4n) is 1.61. The molecule has 0 aromatic carbocycles. The third-order valence-corrected chi connectivity index (χ3v) is 2.32. The van der Waals surface area contributed by atoms with Gasteiger partial charge in [0.15, 0.2) is 0 Å². The summed E-state index contributed by atoms with van der Waals surface area (Å²) in [6, 6.07) is 2.05. The molecule has 0 saturated carbocycles. The van der Waals surface area contributed by atoms with Crippen molar-refractivity contribution in [2.24, 2.45) is 11.8 Å². The van der Waals surface area contributed by atoms with E-state index in [0.717, 1.165) is 17.7 Å². The van der Waals surface area contributed by atoms with E-state index >= 15 is 0 Å². The number of pyridine rings is 1. The second kappa shape index (κ2) is 5.68. The minimum Gasteiger partial charge on any atom is -0.495 e. The van der Waals surface area contributed by atoms with E-state index in [2.05, 4.69) is 24.3 Å². The SMILES string of the molecule is COc1cnccc1C(CC(C)C)NN. The summed E-state index contributed by atoms with van der Waals surface area (Å²) in [4.78, 5) is 4.02. The Kier molecular flexibility index (Phi) is 4.52. The predicted molar refractivity (Wildman–Crippen MR) is 60.3 cm³/mol. The van der Waals surface area contributed by atoms with Gasteiger partial charge in [0, 0.05) is 17.8 Å². The summed E-state index contributed by atoms with van der Waals surface area (Å²) in [5.74, 6) is 6.90. The Morgan fingerprint density at radius 1 is 1.53 bits per heavy atom. The number of nitrogens with two attached hydrogens (primary N) is 1. The first-order valence-corrected chi connectivity index (χ1v) is 5.13. The molecule has 15 heavy (non-hydrogen) atoms. The molecule has 1 heterocycles. The van der Waals surface area contributed by atoms with Gasteiger partial charge in [-0.2, -0.15) is 0 Å². The van der Waals surface area contributed by atoms with Crippen LogP contribution in [0.3, 0.4) is 0 Å². The lowest BCUT2D eigenvalue weighted by atomic mass is 9.98. The molecule has 0 aliphatic rings. The molecule has 1 unspecified atom stereocenters. The van der Waals surface area contributed by atoms with Gasteiger partial charge in [0.1, 0.15) is 5.75 Å². The smallest absolute Gasteiger partial charge is 0.141 e. The molecular formula is C11H19N3O. The molecular weight excluding hydrogens is 190 g/mol. The molecule has 0 fully saturated rings. The molecule has 1 aromatic heterocycles. The summed E-state index contributed by atoms with van der Waals surface area (Å²) in [5, 5.41) is 0. The van der Waals surface area contributed by atoms with Gasteiger partial charge >= 0.3 is 0 Å². The van der Waals surface area contributed by atoms with E-state index in [4.69, 9.17) is 10.6 Å². The van der Waals surface area contributed by atoms with E-state index in [9.17, 15) is 0 Å². The second-order valence-electron chi connectivity index (χ2n) is 3.97. The fourth-order valence-corrected chi connectivity index (χ4v) is 1.61. The van der Waals surface area contributed by atoms with Gasteiger partial charge in [-0.25, -0.2) is 0 Å². The van der Waals surface area contributed by atoms with Gasteiger partial charge in [-0.1, -0.05) is 13.8 Å². The fraction of sp³-hybridized carbons (Fsp3) is 0.545. The van der Waals surface area contributed by atoms with Crippen molar-refractivity contribution in [1.82, 2.24) is 10.4 Å². The normalized spacial score (nSPS) is 12.9. The highest BCUT2D eigenvalue weighted by Gasteiger charge is 2.15. The van der Waals surface area contributed by atoms with E-state index in [1.807, 2.05) is 6.07 Å². The molecule has 0 aliphatic heterocycles. The summed E-state index contributed by atoms with van der Waals surface area (Å²) in [6.45, 7) is 4.33. The Bertz CT molecular complexity index is 302. The molecule has 0 aliphatic carbocycles. The highest BCUT2D eigenvalue weighted by atomic mass is 16.5. The van der Waals surface area contributed by atoms with E-state index in [1.54, 1.807) is 19.5 Å². The zero-order valence-corrected chi connectivity index (χ0v) is 9.53. The molecule has 0 spiro atoms. The Morgan fingerprint density at radius 2 is 2.27 bits per heavy atom. The van der Waals surface area contributed by atoms with Crippen LogP contribution in [0.5, 0.6) is 5.75 Å². The third kappa shape index (κ3) is 3.18. The Balaban J connectivity index is 2.90. The van der Waals surface area contributed by atoms with Crippen LogP contribution in [0.25, 0.3) is 0 Å². The van der Waals surface area contributed by atoms with Gasteiger partial charge in [0.2, 0.25) is 0 Å². The topological polar surface area (TPSA) is 60.2 Å². The maximum absolute atomic E-state index is 5.55. The summed E-state index contributed by atoms with van der Waals surface area (Å²) in [6.07, 6.45) is 4.43. The molecule has 1 rings (SSSR count). The van der Waals surface area contributed by atoms with Crippen LogP contribution < -0.4 is 16.0 Å². The number of aromatic nitrogens is 1. The summed E-state index contributed by atoms with van der Waals surface area (Å²) < 4.78 is 5.25. The van der Waals surface area contributed by atoms with Crippen LogP contribution in [0.4, 0.5) is 0 Å². The highest BCUT2D eigenvalue weighted by molar-refractivity contribution is 5.32. The minimum atomic E-state index is 0.114. The molecule has 0 radical (unpaired) electrons. The molecule has 0 saturated heterocycles. The zero-order valence-electron chi connectivity index (χ0n) is 9.53. The largest absolute Gasteiger partial charge is 0.495 e. The molecule has 4 nitrogen and oxygen atoms in total. The highest BCUT2D eigenvalue weighted by Crippen LogP contribution is 2.27. The van der Waals surface area contributed by atoms with E-state index in [1.165, 1.54) is 0 Å². The predicted octanol–water partition coefficient (Wildman–Crippen LogP) is 1.64. The minimum absolute atomic E-state index is 0.114. The molecule has 3 N–H and O–H groups in total. The Morgan fingerprint density at radius 3 is 2.80 bits per heavy atom. The van der Waals surface area contributed by atoms with Crippen molar-refractivity contribution in [2.45, 2.75) is 26.3 Å².